The number of carbonyl (C=O) groups is 1. The van der Waals surface area contributed by atoms with Crippen LogP contribution in [-0.4, -0.2) is 17.9 Å². The fourth-order valence-corrected chi connectivity index (χ4v) is 2.17. The van der Waals surface area contributed by atoms with E-state index in [1.54, 1.807) is 18.2 Å². The Morgan fingerprint density at radius 2 is 2.05 bits per heavy atom. The number of furan rings is 1. The number of nitrogens with zero attached hydrogens (tertiary/aromatic N) is 1. The number of hydrogen-bond donors (Lipinski definition) is 0. The van der Waals surface area contributed by atoms with Crippen molar-refractivity contribution in [3.05, 3.63) is 52.1 Å². The zero-order chi connectivity index (χ0) is 14.3. The standard InChI is InChI=1S/C14H9NO5/c1-19-12-4-2-3-9-10-7-8(14(16)15(17)18)5-6-11(10)20-13(9)12/h2-7H,1H3. The lowest BCUT2D eigenvalue weighted by Gasteiger charge is -1.98. The van der Waals surface area contributed by atoms with Crippen LogP contribution < -0.4 is 4.74 Å². The van der Waals surface area contributed by atoms with Gasteiger partial charge in [-0.2, -0.15) is 0 Å². The summed E-state index contributed by atoms with van der Waals surface area (Å²) in [5.41, 5.74) is 1.12. The van der Waals surface area contributed by atoms with Crippen molar-refractivity contribution in [1.29, 1.82) is 0 Å². The van der Waals surface area contributed by atoms with E-state index in [1.807, 2.05) is 6.07 Å². The molecule has 0 N–H and O–H groups in total. The molecule has 0 aliphatic rings. The number of methoxy groups -OCH3 is 1. The van der Waals surface area contributed by atoms with Crippen LogP contribution in [-0.2, 0) is 0 Å². The van der Waals surface area contributed by atoms with Gasteiger partial charge in [-0.3, -0.25) is 10.1 Å². The van der Waals surface area contributed by atoms with Gasteiger partial charge in [0.1, 0.15) is 10.5 Å². The van der Waals surface area contributed by atoms with Crippen LogP contribution in [0.15, 0.2) is 40.8 Å². The number of amides is 1. The zero-order valence-corrected chi connectivity index (χ0v) is 10.5. The molecule has 0 aliphatic heterocycles. The molecule has 0 radical (unpaired) electrons. The topological polar surface area (TPSA) is 82.6 Å². The molecular weight excluding hydrogens is 262 g/mol. The minimum Gasteiger partial charge on any atom is -0.493 e. The summed E-state index contributed by atoms with van der Waals surface area (Å²) in [6.45, 7) is 0. The molecule has 1 heterocycles. The Balaban J connectivity index is 2.31. The first-order valence-electron chi connectivity index (χ1n) is 5.80. The molecule has 0 atom stereocenters. The Labute approximate surface area is 112 Å². The van der Waals surface area contributed by atoms with Crippen LogP contribution in [0.2, 0.25) is 0 Å². The third-order valence-electron chi connectivity index (χ3n) is 3.09. The molecule has 2 aromatic carbocycles. The predicted molar refractivity (Wildman–Crippen MR) is 71.6 cm³/mol. The third-order valence-corrected chi connectivity index (χ3v) is 3.09. The molecule has 1 amide bonds. The molecule has 0 unspecified atom stereocenters. The summed E-state index contributed by atoms with van der Waals surface area (Å²) in [7, 11) is 1.53. The number of fused-ring (bicyclic) bond motifs is 3. The highest BCUT2D eigenvalue weighted by Gasteiger charge is 2.20. The van der Waals surface area contributed by atoms with E-state index in [9.17, 15) is 14.9 Å². The van der Waals surface area contributed by atoms with Crippen molar-refractivity contribution in [2.75, 3.05) is 7.11 Å². The van der Waals surface area contributed by atoms with Gasteiger partial charge in [-0.15, -0.1) is 0 Å². The summed E-state index contributed by atoms with van der Waals surface area (Å²) in [5, 5.41) is 11.9. The molecule has 3 aromatic rings. The van der Waals surface area contributed by atoms with Crippen molar-refractivity contribution in [2.24, 2.45) is 0 Å². The second-order valence-corrected chi connectivity index (χ2v) is 4.21. The predicted octanol–water partition coefficient (Wildman–Crippen LogP) is 3.01. The first-order valence-corrected chi connectivity index (χ1v) is 5.80. The number of ether oxygens (including phenoxy) is 1. The van der Waals surface area contributed by atoms with Gasteiger partial charge in [0.05, 0.1) is 12.7 Å². The largest absolute Gasteiger partial charge is 0.493 e. The molecule has 3 rings (SSSR count). The fraction of sp³-hybridized carbons (Fsp3) is 0.0714. The van der Waals surface area contributed by atoms with Gasteiger partial charge in [-0.25, -0.2) is 4.79 Å². The van der Waals surface area contributed by atoms with Crippen molar-refractivity contribution < 1.29 is 18.9 Å². The summed E-state index contributed by atoms with van der Waals surface area (Å²) < 4.78 is 10.9. The van der Waals surface area contributed by atoms with Gasteiger partial charge in [0.25, 0.3) is 0 Å². The summed E-state index contributed by atoms with van der Waals surface area (Å²) >= 11 is 0. The lowest BCUT2D eigenvalue weighted by molar-refractivity contribution is -0.375. The van der Waals surface area contributed by atoms with Gasteiger partial charge < -0.3 is 9.15 Å². The van der Waals surface area contributed by atoms with E-state index in [0.29, 0.717) is 22.3 Å². The van der Waals surface area contributed by atoms with Crippen molar-refractivity contribution in [1.82, 2.24) is 0 Å². The molecule has 6 heteroatoms. The lowest BCUT2D eigenvalue weighted by atomic mass is 10.1. The van der Waals surface area contributed by atoms with Crippen LogP contribution >= 0.6 is 0 Å². The summed E-state index contributed by atoms with van der Waals surface area (Å²) in [5.74, 6) is -0.565. The molecule has 1 aromatic heterocycles. The molecule has 6 nitrogen and oxygen atoms in total. The van der Waals surface area contributed by atoms with Crippen LogP contribution in [0.4, 0.5) is 0 Å². The summed E-state index contributed by atoms with van der Waals surface area (Å²) in [4.78, 5) is 21.0. The molecule has 0 bridgehead atoms. The monoisotopic (exact) mass is 271 g/mol. The van der Waals surface area contributed by atoms with Crippen molar-refractivity contribution in [2.45, 2.75) is 0 Å². The van der Waals surface area contributed by atoms with Gasteiger partial charge in [0.15, 0.2) is 11.3 Å². The van der Waals surface area contributed by atoms with Crippen molar-refractivity contribution in [3.63, 3.8) is 0 Å². The summed E-state index contributed by atoms with van der Waals surface area (Å²) in [6, 6.07) is 9.75. The van der Waals surface area contributed by atoms with Gasteiger partial charge in [0, 0.05) is 10.8 Å². The average Bonchev–Trinajstić information content (AvgIpc) is 2.83. The maximum absolute atomic E-state index is 11.4. The molecule has 100 valence electrons. The first kappa shape index (κ1) is 12.2. The minimum atomic E-state index is -1.14. The van der Waals surface area contributed by atoms with Gasteiger partial charge in [0.2, 0.25) is 0 Å². The van der Waals surface area contributed by atoms with Crippen LogP contribution in [0.5, 0.6) is 5.75 Å². The van der Waals surface area contributed by atoms with Gasteiger partial charge in [-0.1, -0.05) is 12.1 Å². The van der Waals surface area contributed by atoms with E-state index in [4.69, 9.17) is 9.15 Å². The number of para-hydroxylation sites is 1. The van der Waals surface area contributed by atoms with Gasteiger partial charge in [-0.05, 0) is 24.3 Å². The Morgan fingerprint density at radius 3 is 2.75 bits per heavy atom. The molecular formula is C14H9NO5. The van der Waals surface area contributed by atoms with E-state index >= 15 is 0 Å². The molecule has 20 heavy (non-hydrogen) atoms. The average molecular weight is 271 g/mol. The second kappa shape index (κ2) is 4.34. The molecule has 0 aliphatic carbocycles. The first-order chi connectivity index (χ1) is 9.61. The van der Waals surface area contributed by atoms with Crippen molar-refractivity contribution in [3.8, 4) is 5.75 Å². The van der Waals surface area contributed by atoms with E-state index in [2.05, 4.69) is 0 Å². The maximum atomic E-state index is 11.4. The van der Waals surface area contributed by atoms with Crippen LogP contribution in [0, 0.1) is 10.1 Å². The molecule has 0 saturated heterocycles. The molecule has 0 saturated carbocycles. The smallest absolute Gasteiger partial charge is 0.476 e. The minimum absolute atomic E-state index is 0.0213. The van der Waals surface area contributed by atoms with Crippen LogP contribution in [0.1, 0.15) is 10.4 Å². The van der Waals surface area contributed by atoms with E-state index in [1.165, 1.54) is 19.2 Å². The summed E-state index contributed by atoms with van der Waals surface area (Å²) in [6.07, 6.45) is 0. The molecule has 0 spiro atoms. The Bertz CT molecular complexity index is 849. The second-order valence-electron chi connectivity index (χ2n) is 4.21. The Hall–Kier alpha value is -2.89. The molecule has 0 fully saturated rings. The van der Waals surface area contributed by atoms with Crippen molar-refractivity contribution >= 4 is 27.8 Å². The van der Waals surface area contributed by atoms with E-state index < -0.39 is 10.8 Å². The fourth-order valence-electron chi connectivity index (χ4n) is 2.17. The zero-order valence-electron chi connectivity index (χ0n) is 10.5. The number of rotatable bonds is 2. The van der Waals surface area contributed by atoms with Crippen LogP contribution in [0.25, 0.3) is 21.9 Å². The highest BCUT2D eigenvalue weighted by atomic mass is 16.6. The van der Waals surface area contributed by atoms with Gasteiger partial charge >= 0.3 is 5.91 Å². The SMILES string of the molecule is COc1cccc2c1oc1ccc(C(=O)[N+](=O)[O-])cc12. The van der Waals surface area contributed by atoms with E-state index in [0.717, 1.165) is 5.39 Å². The Morgan fingerprint density at radius 1 is 1.25 bits per heavy atom. The maximum Gasteiger partial charge on any atom is 0.476 e. The quantitative estimate of drug-likeness (QED) is 0.528. The number of nitro groups is 1. The number of carbonyl (C=O) groups excluding carboxylic acids is 1. The highest BCUT2D eigenvalue weighted by Crippen LogP contribution is 2.34. The Kier molecular flexibility index (Phi) is 2.64. The van der Waals surface area contributed by atoms with Crippen LogP contribution in [0.3, 0.4) is 0 Å². The third kappa shape index (κ3) is 1.70. The van der Waals surface area contributed by atoms with E-state index in [-0.39, 0.29) is 5.56 Å². The normalized spacial score (nSPS) is 10.8. The highest BCUT2D eigenvalue weighted by molar-refractivity contribution is 6.08. The number of hydrogen-bond acceptors (Lipinski definition) is 5. The lowest BCUT2D eigenvalue weighted by Crippen LogP contribution is -2.10. The number of benzene rings is 2.